The van der Waals surface area contributed by atoms with Crippen LogP contribution in [0, 0.1) is 0 Å². The Morgan fingerprint density at radius 2 is 0.831 bits per heavy atom. The van der Waals surface area contributed by atoms with Gasteiger partial charge in [-0.1, -0.05) is 209 Å². The first-order chi connectivity index (χ1) is 31.8. The number of aliphatic hydroxyl groups is 1. The molecule has 65 heavy (non-hydrogen) atoms. The summed E-state index contributed by atoms with van der Waals surface area (Å²) in [5, 5.41) is 12.8. The molecule has 0 spiro atoms. The highest BCUT2D eigenvalue weighted by atomic mass is 31.2. The highest BCUT2D eigenvalue weighted by Crippen LogP contribution is 2.42. The number of unbranched alkanes of at least 4 members (excludes halogenated alkanes) is 27. The quantitative estimate of drug-likeness (QED) is 0.0238. The lowest BCUT2D eigenvalue weighted by Gasteiger charge is -2.15. The van der Waals surface area contributed by atoms with Crippen LogP contribution < -0.4 is 5.32 Å². The van der Waals surface area contributed by atoms with E-state index in [2.05, 4.69) is 79.9 Å². The van der Waals surface area contributed by atoms with Crippen molar-refractivity contribution in [1.29, 1.82) is 0 Å². The minimum atomic E-state index is -4.43. The molecular formula is C55H100NO8P. The molecule has 0 saturated carbocycles. The summed E-state index contributed by atoms with van der Waals surface area (Å²) in [7, 11) is -4.43. The molecule has 0 bridgehead atoms. The Labute approximate surface area is 399 Å². The number of rotatable bonds is 50. The molecule has 0 radical (unpaired) electrons. The van der Waals surface area contributed by atoms with Crippen molar-refractivity contribution in [2.45, 2.75) is 251 Å². The summed E-state index contributed by atoms with van der Waals surface area (Å²) in [4.78, 5) is 34.1. The molecular weight excluding hydrogens is 834 g/mol. The van der Waals surface area contributed by atoms with Gasteiger partial charge in [-0.05, 0) is 83.5 Å². The number of carbonyl (C=O) groups excluding carboxylic acids is 2. The molecule has 2 unspecified atom stereocenters. The molecule has 0 aromatic heterocycles. The Kier molecular flexibility index (Phi) is 49.3. The maximum atomic E-state index is 12.2. The van der Waals surface area contributed by atoms with Crippen molar-refractivity contribution in [2.75, 3.05) is 26.4 Å². The molecule has 0 aliphatic heterocycles. The number of hydrogen-bond acceptors (Lipinski definition) is 7. The summed E-state index contributed by atoms with van der Waals surface area (Å²) in [6.07, 6.45) is 63.0. The smallest absolute Gasteiger partial charge is 0.463 e. The zero-order chi connectivity index (χ0) is 47.4. The lowest BCUT2D eigenvalue weighted by atomic mass is 10.0. The number of nitrogens with one attached hydrogen (secondary N) is 1. The fourth-order valence-corrected chi connectivity index (χ4v) is 8.12. The lowest BCUT2D eigenvalue weighted by Crippen LogP contribution is -2.27. The molecule has 0 heterocycles. The van der Waals surface area contributed by atoms with Gasteiger partial charge in [0, 0.05) is 19.4 Å². The zero-order valence-electron chi connectivity index (χ0n) is 41.9. The molecule has 10 heteroatoms. The van der Waals surface area contributed by atoms with Gasteiger partial charge in [0.05, 0.1) is 13.2 Å². The van der Waals surface area contributed by atoms with Gasteiger partial charge in [-0.2, -0.15) is 0 Å². The second-order valence-electron chi connectivity index (χ2n) is 17.8. The molecule has 0 aromatic carbocycles. The lowest BCUT2D eigenvalue weighted by molar-refractivity contribution is -0.147. The van der Waals surface area contributed by atoms with E-state index in [-0.39, 0.29) is 32.1 Å². The van der Waals surface area contributed by atoms with Crippen LogP contribution in [0.5, 0.6) is 0 Å². The molecule has 0 aromatic rings. The van der Waals surface area contributed by atoms with Gasteiger partial charge in [0.2, 0.25) is 5.91 Å². The monoisotopic (exact) mass is 934 g/mol. The molecule has 3 N–H and O–H groups in total. The van der Waals surface area contributed by atoms with Crippen LogP contribution in [0.15, 0.2) is 60.8 Å². The van der Waals surface area contributed by atoms with E-state index in [1.54, 1.807) is 0 Å². The second kappa shape index (κ2) is 51.1. The summed E-state index contributed by atoms with van der Waals surface area (Å²) >= 11 is 0. The van der Waals surface area contributed by atoms with E-state index >= 15 is 0 Å². The Balaban J connectivity index is 3.56. The first kappa shape index (κ1) is 62.7. The summed E-state index contributed by atoms with van der Waals surface area (Å²) < 4.78 is 27.0. The Morgan fingerprint density at radius 3 is 1.25 bits per heavy atom. The molecule has 0 fully saturated rings. The maximum Gasteiger partial charge on any atom is 0.472 e. The Morgan fingerprint density at radius 1 is 0.477 bits per heavy atom. The number of amides is 1. The molecule has 0 saturated heterocycles. The topological polar surface area (TPSA) is 131 Å². The number of esters is 1. The van der Waals surface area contributed by atoms with Crippen molar-refractivity contribution in [1.82, 2.24) is 5.32 Å². The van der Waals surface area contributed by atoms with Gasteiger partial charge in [-0.15, -0.1) is 0 Å². The predicted molar refractivity (Wildman–Crippen MR) is 275 cm³/mol. The molecule has 0 aliphatic carbocycles. The number of phosphoric ester groups is 1. The maximum absolute atomic E-state index is 12.2. The van der Waals surface area contributed by atoms with E-state index < -0.39 is 26.5 Å². The average molecular weight is 934 g/mol. The SMILES string of the molecule is CCCCC/C=C\C/C=C\C/C=C\CCCCCCCCCCC(=O)NCCOP(=O)(O)OCC(O)COC(=O)CCCCCCCCCCCCCCC/C=C\C/C=C\CCCCC. The van der Waals surface area contributed by atoms with Crippen molar-refractivity contribution in [2.24, 2.45) is 0 Å². The van der Waals surface area contributed by atoms with E-state index in [0.29, 0.717) is 6.42 Å². The van der Waals surface area contributed by atoms with Crippen LogP contribution in [0.3, 0.4) is 0 Å². The molecule has 0 rings (SSSR count). The van der Waals surface area contributed by atoms with Gasteiger partial charge in [-0.25, -0.2) is 4.57 Å². The third-order valence-corrected chi connectivity index (χ3v) is 12.4. The number of aliphatic hydroxyl groups excluding tert-OH is 1. The van der Waals surface area contributed by atoms with Gasteiger partial charge in [0.15, 0.2) is 0 Å². The minimum absolute atomic E-state index is 0.0760. The van der Waals surface area contributed by atoms with Crippen molar-refractivity contribution >= 4 is 19.7 Å². The number of allylic oxidation sites excluding steroid dienone is 10. The Hall–Kier alpha value is -2.29. The third kappa shape index (κ3) is 52.5. The van der Waals surface area contributed by atoms with Crippen LogP contribution in [-0.4, -0.2) is 54.3 Å². The zero-order valence-corrected chi connectivity index (χ0v) is 42.8. The van der Waals surface area contributed by atoms with Crippen LogP contribution >= 0.6 is 7.82 Å². The number of carbonyl (C=O) groups is 2. The summed E-state index contributed by atoms with van der Waals surface area (Å²) in [5.74, 6) is -0.521. The van der Waals surface area contributed by atoms with E-state index in [4.69, 9.17) is 13.8 Å². The summed E-state index contributed by atoms with van der Waals surface area (Å²) in [5.41, 5.74) is 0. The summed E-state index contributed by atoms with van der Waals surface area (Å²) in [6.45, 7) is 3.52. The van der Waals surface area contributed by atoms with Crippen LogP contribution in [0.4, 0.5) is 0 Å². The standard InChI is InChI=1S/C55H100NO8P/c1-3-5-7-9-11-13-15-17-19-21-23-25-26-28-30-32-34-36-38-40-42-44-46-48-55(59)62-51-53(57)52-64-65(60,61)63-50-49-56-54(58)47-45-43-41-39-37-35-33-31-29-27-24-22-20-18-16-14-12-10-8-6-4-2/h11-14,17-20,24,27,53,57H,3-10,15-16,21-23,25-26,28-52H2,1-2H3,(H,56,58)(H,60,61)/b13-11-,14-12-,19-17-,20-18-,27-24-. The number of ether oxygens (including phenoxy) is 1. The molecule has 9 nitrogen and oxygen atoms in total. The Bertz CT molecular complexity index is 1250. The van der Waals surface area contributed by atoms with Crippen molar-refractivity contribution in [3.63, 3.8) is 0 Å². The van der Waals surface area contributed by atoms with Gasteiger partial charge in [0.1, 0.15) is 12.7 Å². The van der Waals surface area contributed by atoms with Gasteiger partial charge in [-0.3, -0.25) is 18.6 Å². The number of phosphoric acid groups is 1. The predicted octanol–water partition coefficient (Wildman–Crippen LogP) is 16.0. The highest BCUT2D eigenvalue weighted by Gasteiger charge is 2.23. The van der Waals surface area contributed by atoms with Crippen molar-refractivity contribution in [3.8, 4) is 0 Å². The van der Waals surface area contributed by atoms with Crippen LogP contribution in [0.2, 0.25) is 0 Å². The van der Waals surface area contributed by atoms with Crippen molar-refractivity contribution < 1.29 is 37.9 Å². The third-order valence-electron chi connectivity index (χ3n) is 11.4. The van der Waals surface area contributed by atoms with E-state index in [9.17, 15) is 24.2 Å². The van der Waals surface area contributed by atoms with E-state index in [0.717, 1.165) is 64.2 Å². The first-order valence-corrected chi connectivity index (χ1v) is 28.3. The first-order valence-electron chi connectivity index (χ1n) is 26.8. The normalized spacial score (nSPS) is 13.6. The fourth-order valence-electron chi connectivity index (χ4n) is 7.36. The fraction of sp³-hybridized carbons (Fsp3) is 0.782. The van der Waals surface area contributed by atoms with Crippen LogP contribution in [0.1, 0.15) is 245 Å². The highest BCUT2D eigenvalue weighted by molar-refractivity contribution is 7.47. The molecule has 378 valence electrons. The average Bonchev–Trinajstić information content (AvgIpc) is 3.29. The van der Waals surface area contributed by atoms with Gasteiger partial charge in [0.25, 0.3) is 0 Å². The molecule has 0 aliphatic rings. The largest absolute Gasteiger partial charge is 0.472 e. The second-order valence-corrected chi connectivity index (χ2v) is 19.3. The van der Waals surface area contributed by atoms with Gasteiger partial charge < -0.3 is 20.1 Å². The van der Waals surface area contributed by atoms with E-state index in [1.807, 2.05) is 0 Å². The summed E-state index contributed by atoms with van der Waals surface area (Å²) in [6, 6.07) is 0. The molecule has 2 atom stereocenters. The molecule has 1 amide bonds. The van der Waals surface area contributed by atoms with Gasteiger partial charge >= 0.3 is 13.8 Å². The van der Waals surface area contributed by atoms with Crippen LogP contribution in [-0.2, 0) is 27.9 Å². The van der Waals surface area contributed by atoms with Crippen LogP contribution in [0.25, 0.3) is 0 Å². The number of hydrogen-bond donors (Lipinski definition) is 3. The van der Waals surface area contributed by atoms with Crippen molar-refractivity contribution in [3.05, 3.63) is 60.8 Å². The van der Waals surface area contributed by atoms with E-state index in [1.165, 1.54) is 154 Å². The minimum Gasteiger partial charge on any atom is -0.463 e.